The Hall–Kier alpha value is -2.42. The van der Waals surface area contributed by atoms with E-state index in [1.165, 1.54) is 0 Å². The van der Waals surface area contributed by atoms with Gasteiger partial charge in [0.1, 0.15) is 11.5 Å². The molecule has 1 fully saturated rings. The van der Waals surface area contributed by atoms with E-state index in [0.29, 0.717) is 24.5 Å². The number of hydrogen-bond donors (Lipinski definition) is 0. The molecular formula is C18H23N3O5S. The minimum absolute atomic E-state index is 0.0450. The molecule has 0 bridgehead atoms. The van der Waals surface area contributed by atoms with E-state index in [1.807, 2.05) is 13.8 Å². The van der Waals surface area contributed by atoms with E-state index < -0.39 is 26.7 Å². The van der Waals surface area contributed by atoms with E-state index in [0.717, 1.165) is 19.3 Å². The highest BCUT2D eigenvalue weighted by Crippen LogP contribution is 2.24. The number of piperidine rings is 1. The van der Waals surface area contributed by atoms with Crippen LogP contribution in [0.1, 0.15) is 33.1 Å². The molecule has 0 N–H and O–H groups in total. The smallest absolute Gasteiger partial charge is 0.336 e. The predicted octanol–water partition coefficient (Wildman–Crippen LogP) is 2.31. The SMILES string of the molecule is CCOc1ccc(-c2nnc(S(=O)(=O)CC(=O)N3CCCCC3C)o2)cc1. The maximum Gasteiger partial charge on any atom is 0.336 e. The Kier molecular flexibility index (Phi) is 5.79. The molecule has 9 heteroatoms. The van der Waals surface area contributed by atoms with Gasteiger partial charge in [-0.25, -0.2) is 8.42 Å². The lowest BCUT2D eigenvalue weighted by molar-refractivity contribution is -0.131. The summed E-state index contributed by atoms with van der Waals surface area (Å²) in [5.41, 5.74) is 0.573. The first-order chi connectivity index (χ1) is 12.9. The summed E-state index contributed by atoms with van der Waals surface area (Å²) in [6.07, 6.45) is 2.82. The summed E-state index contributed by atoms with van der Waals surface area (Å²) in [6.45, 7) is 4.94. The van der Waals surface area contributed by atoms with E-state index in [1.54, 1.807) is 29.2 Å². The van der Waals surface area contributed by atoms with Crippen molar-refractivity contribution in [1.82, 2.24) is 15.1 Å². The van der Waals surface area contributed by atoms with E-state index in [4.69, 9.17) is 9.15 Å². The fraction of sp³-hybridized carbons (Fsp3) is 0.500. The highest BCUT2D eigenvalue weighted by atomic mass is 32.2. The predicted molar refractivity (Wildman–Crippen MR) is 98.0 cm³/mol. The van der Waals surface area contributed by atoms with E-state index in [2.05, 4.69) is 10.2 Å². The summed E-state index contributed by atoms with van der Waals surface area (Å²) in [7, 11) is -3.99. The van der Waals surface area contributed by atoms with Gasteiger partial charge in [-0.2, -0.15) is 0 Å². The lowest BCUT2D eigenvalue weighted by Crippen LogP contribution is -2.44. The molecule has 1 atom stereocenters. The van der Waals surface area contributed by atoms with E-state index >= 15 is 0 Å². The van der Waals surface area contributed by atoms with Crippen LogP contribution in [-0.4, -0.2) is 54.4 Å². The molecule has 3 rings (SSSR count). The zero-order valence-electron chi connectivity index (χ0n) is 15.4. The average Bonchev–Trinajstić information content (AvgIpc) is 3.14. The standard InChI is InChI=1S/C18H23N3O5S/c1-3-25-15-9-7-14(8-10-15)17-19-20-18(26-17)27(23,24)12-16(22)21-11-5-4-6-13(21)2/h7-10,13H,3-6,11-12H2,1-2H3. The summed E-state index contributed by atoms with van der Waals surface area (Å²) in [6, 6.07) is 6.92. The molecule has 0 aliphatic carbocycles. The van der Waals surface area contributed by atoms with Crippen LogP contribution in [0.25, 0.3) is 11.5 Å². The van der Waals surface area contributed by atoms with Gasteiger partial charge in [-0.05, 0) is 57.4 Å². The number of amides is 1. The highest BCUT2D eigenvalue weighted by molar-refractivity contribution is 7.91. The fourth-order valence-electron chi connectivity index (χ4n) is 3.09. The summed E-state index contributed by atoms with van der Waals surface area (Å²) < 4.78 is 35.7. The molecule has 1 aromatic carbocycles. The number of carbonyl (C=O) groups excluding carboxylic acids is 1. The third kappa shape index (κ3) is 4.47. The van der Waals surface area contributed by atoms with Gasteiger partial charge >= 0.3 is 5.22 Å². The van der Waals surface area contributed by atoms with Crippen LogP contribution in [-0.2, 0) is 14.6 Å². The first-order valence-electron chi connectivity index (χ1n) is 8.99. The number of ether oxygens (including phenoxy) is 1. The van der Waals surface area contributed by atoms with Gasteiger partial charge in [0.15, 0.2) is 0 Å². The third-order valence-electron chi connectivity index (χ3n) is 4.52. The molecule has 146 valence electrons. The summed E-state index contributed by atoms with van der Waals surface area (Å²) in [5.74, 6) is -0.323. The summed E-state index contributed by atoms with van der Waals surface area (Å²) >= 11 is 0. The largest absolute Gasteiger partial charge is 0.494 e. The van der Waals surface area contributed by atoms with Gasteiger partial charge in [0.2, 0.25) is 21.6 Å². The fourth-order valence-corrected chi connectivity index (χ4v) is 4.07. The highest BCUT2D eigenvalue weighted by Gasteiger charge is 2.31. The van der Waals surface area contributed by atoms with Crippen LogP contribution < -0.4 is 4.74 Å². The zero-order chi connectivity index (χ0) is 19.4. The van der Waals surface area contributed by atoms with Crippen molar-refractivity contribution in [2.45, 2.75) is 44.4 Å². The number of rotatable bonds is 6. The van der Waals surface area contributed by atoms with E-state index in [9.17, 15) is 13.2 Å². The van der Waals surface area contributed by atoms with Crippen LogP contribution in [0.2, 0.25) is 0 Å². The molecule has 8 nitrogen and oxygen atoms in total. The van der Waals surface area contributed by atoms with Crippen LogP contribution >= 0.6 is 0 Å². The normalized spacial score (nSPS) is 17.7. The first-order valence-corrected chi connectivity index (χ1v) is 10.6. The van der Waals surface area contributed by atoms with Crippen molar-refractivity contribution in [3.63, 3.8) is 0 Å². The Morgan fingerprint density at radius 2 is 2.00 bits per heavy atom. The van der Waals surface area contributed by atoms with E-state index in [-0.39, 0.29) is 11.9 Å². The van der Waals surface area contributed by atoms with Crippen LogP contribution in [0, 0.1) is 0 Å². The molecule has 2 aromatic rings. The number of nitrogens with zero attached hydrogens (tertiary/aromatic N) is 3. The lowest BCUT2D eigenvalue weighted by atomic mass is 10.0. The Morgan fingerprint density at radius 3 is 2.67 bits per heavy atom. The van der Waals surface area contributed by atoms with Gasteiger partial charge in [0.05, 0.1) is 6.61 Å². The number of sulfone groups is 1. The van der Waals surface area contributed by atoms with Crippen molar-refractivity contribution in [1.29, 1.82) is 0 Å². The molecule has 1 aromatic heterocycles. The van der Waals surface area contributed by atoms with Gasteiger partial charge < -0.3 is 14.1 Å². The second-order valence-electron chi connectivity index (χ2n) is 6.52. The maximum atomic E-state index is 12.5. The second-order valence-corrected chi connectivity index (χ2v) is 8.39. The van der Waals surface area contributed by atoms with Crippen molar-refractivity contribution in [3.8, 4) is 17.2 Å². The van der Waals surface area contributed by atoms with Crippen molar-refractivity contribution in [3.05, 3.63) is 24.3 Å². The Labute approximate surface area is 158 Å². The number of benzene rings is 1. The number of likely N-dealkylation sites (tertiary alicyclic amines) is 1. The molecule has 1 aliphatic rings. The molecule has 0 spiro atoms. The molecule has 1 amide bonds. The molecule has 0 radical (unpaired) electrons. The van der Waals surface area contributed by atoms with Crippen LogP contribution in [0.4, 0.5) is 0 Å². The molecule has 1 unspecified atom stereocenters. The van der Waals surface area contributed by atoms with Crippen molar-refractivity contribution in [2.75, 3.05) is 18.9 Å². The second kappa shape index (κ2) is 8.08. The Balaban J connectivity index is 1.73. The van der Waals surface area contributed by atoms with Gasteiger partial charge in [-0.3, -0.25) is 4.79 Å². The quantitative estimate of drug-likeness (QED) is 0.742. The molecule has 27 heavy (non-hydrogen) atoms. The topological polar surface area (TPSA) is 103 Å². The Morgan fingerprint density at radius 1 is 1.26 bits per heavy atom. The number of aromatic nitrogens is 2. The van der Waals surface area contributed by atoms with Crippen LogP contribution in [0.15, 0.2) is 33.9 Å². The van der Waals surface area contributed by atoms with Gasteiger partial charge in [-0.15, -0.1) is 5.10 Å². The van der Waals surface area contributed by atoms with Gasteiger partial charge in [0.25, 0.3) is 0 Å². The summed E-state index contributed by atoms with van der Waals surface area (Å²) in [5, 5.41) is 6.90. The molecular weight excluding hydrogens is 370 g/mol. The Bertz CT molecular complexity index is 892. The van der Waals surface area contributed by atoms with Crippen LogP contribution in [0.3, 0.4) is 0 Å². The zero-order valence-corrected chi connectivity index (χ0v) is 16.2. The van der Waals surface area contributed by atoms with Crippen molar-refractivity contribution in [2.24, 2.45) is 0 Å². The first kappa shape index (κ1) is 19.3. The lowest BCUT2D eigenvalue weighted by Gasteiger charge is -2.33. The van der Waals surface area contributed by atoms with Crippen molar-refractivity contribution < 1.29 is 22.4 Å². The molecule has 2 heterocycles. The number of carbonyl (C=O) groups is 1. The number of hydrogen-bond acceptors (Lipinski definition) is 7. The van der Waals surface area contributed by atoms with Crippen LogP contribution in [0.5, 0.6) is 5.75 Å². The van der Waals surface area contributed by atoms with Gasteiger partial charge in [0, 0.05) is 18.2 Å². The third-order valence-corrected chi connectivity index (χ3v) is 5.85. The van der Waals surface area contributed by atoms with Gasteiger partial charge in [-0.1, -0.05) is 5.10 Å². The molecule has 0 saturated carbocycles. The minimum atomic E-state index is -3.99. The summed E-state index contributed by atoms with van der Waals surface area (Å²) in [4.78, 5) is 14.0. The average molecular weight is 393 g/mol. The minimum Gasteiger partial charge on any atom is -0.494 e. The van der Waals surface area contributed by atoms with Crippen molar-refractivity contribution >= 4 is 15.7 Å². The maximum absolute atomic E-state index is 12.5. The molecule has 1 saturated heterocycles. The monoisotopic (exact) mass is 393 g/mol. The molecule has 1 aliphatic heterocycles.